The quantitative estimate of drug-likeness (QED) is 0.630. The lowest BCUT2D eigenvalue weighted by molar-refractivity contribution is -0.141. The van der Waals surface area contributed by atoms with Crippen LogP contribution in [0.25, 0.3) is 0 Å². The molecule has 0 aliphatic heterocycles. The van der Waals surface area contributed by atoms with Gasteiger partial charge >= 0.3 is 5.97 Å². The van der Waals surface area contributed by atoms with Gasteiger partial charge < -0.3 is 4.74 Å². The van der Waals surface area contributed by atoms with Crippen molar-refractivity contribution in [3.63, 3.8) is 0 Å². The minimum Gasteiger partial charge on any atom is -0.465 e. The monoisotopic (exact) mass is 335 g/mol. The van der Waals surface area contributed by atoms with Crippen LogP contribution in [0, 0.1) is 0 Å². The zero-order valence-corrected chi connectivity index (χ0v) is 12.3. The van der Waals surface area contributed by atoms with E-state index in [2.05, 4.69) is 25.4 Å². The zero-order valence-electron chi connectivity index (χ0n) is 9.85. The second kappa shape index (κ2) is 6.86. The lowest BCUT2D eigenvalue weighted by atomic mass is 10.2. The van der Waals surface area contributed by atoms with E-state index in [1.165, 1.54) is 12.1 Å². The predicted octanol–water partition coefficient (Wildman–Crippen LogP) is 1.42. The number of hydrogen-bond acceptors (Lipinski definition) is 4. The maximum absolute atomic E-state index is 11.8. The Bertz CT molecular complexity index is 498. The maximum Gasteiger partial charge on any atom is 0.321 e. The zero-order chi connectivity index (χ0) is 13.6. The lowest BCUT2D eigenvalue weighted by Crippen LogP contribution is -2.30. The first kappa shape index (κ1) is 15.1. The molecule has 0 heterocycles. The third kappa shape index (κ3) is 4.40. The van der Waals surface area contributed by atoms with E-state index in [1.54, 1.807) is 19.1 Å². The van der Waals surface area contributed by atoms with Crippen LogP contribution < -0.4 is 4.72 Å². The lowest BCUT2D eigenvalue weighted by Gasteiger charge is -2.06. The van der Waals surface area contributed by atoms with Crippen molar-refractivity contribution >= 4 is 31.9 Å². The highest BCUT2D eigenvalue weighted by molar-refractivity contribution is 9.08. The minimum absolute atomic E-state index is 0.122. The van der Waals surface area contributed by atoms with Gasteiger partial charge in [-0.2, -0.15) is 4.72 Å². The number of nitrogens with one attached hydrogen (secondary N) is 1. The van der Waals surface area contributed by atoms with Gasteiger partial charge in [-0.1, -0.05) is 28.1 Å². The summed E-state index contributed by atoms with van der Waals surface area (Å²) in [4.78, 5) is 11.2. The molecule has 1 N–H and O–H groups in total. The highest BCUT2D eigenvalue weighted by atomic mass is 79.9. The normalized spacial score (nSPS) is 11.2. The molecule has 18 heavy (non-hydrogen) atoms. The third-order valence-electron chi connectivity index (χ3n) is 2.10. The molecular formula is C11H14BrNO4S. The van der Waals surface area contributed by atoms with Gasteiger partial charge in [0, 0.05) is 5.33 Å². The molecular weight excluding hydrogens is 322 g/mol. The van der Waals surface area contributed by atoms with E-state index in [-0.39, 0.29) is 18.0 Å². The van der Waals surface area contributed by atoms with Crippen LogP contribution >= 0.6 is 15.9 Å². The van der Waals surface area contributed by atoms with E-state index < -0.39 is 16.0 Å². The first-order valence-corrected chi connectivity index (χ1v) is 7.90. The summed E-state index contributed by atoms with van der Waals surface area (Å²) in [5, 5.41) is 0.656. The molecule has 0 fully saturated rings. The molecule has 1 aromatic carbocycles. The number of sulfonamides is 1. The summed E-state index contributed by atoms with van der Waals surface area (Å²) >= 11 is 3.27. The number of carbonyl (C=O) groups excluding carboxylic acids is 1. The molecule has 0 aliphatic rings. The van der Waals surface area contributed by atoms with Gasteiger partial charge in [0.25, 0.3) is 0 Å². The minimum atomic E-state index is -3.66. The molecule has 5 nitrogen and oxygen atoms in total. The molecule has 1 aromatic rings. The fraction of sp³-hybridized carbons (Fsp3) is 0.364. The Labute approximate surface area is 115 Å². The predicted molar refractivity (Wildman–Crippen MR) is 70.9 cm³/mol. The molecule has 1 rings (SSSR count). The van der Waals surface area contributed by atoms with Gasteiger partial charge in [0.05, 0.1) is 11.5 Å². The molecule has 0 spiro atoms. The third-order valence-corrected chi connectivity index (χ3v) is 4.16. The van der Waals surface area contributed by atoms with Crippen LogP contribution in [0.4, 0.5) is 0 Å². The fourth-order valence-electron chi connectivity index (χ4n) is 1.21. The molecule has 0 unspecified atom stereocenters. The van der Waals surface area contributed by atoms with Crippen LogP contribution in [0.15, 0.2) is 29.2 Å². The number of esters is 1. The second-order valence-corrected chi connectivity index (χ2v) is 5.73. The van der Waals surface area contributed by atoms with Crippen LogP contribution in [-0.4, -0.2) is 27.5 Å². The number of hydrogen-bond donors (Lipinski definition) is 1. The molecule has 0 bridgehead atoms. The van der Waals surface area contributed by atoms with Gasteiger partial charge in [-0.15, -0.1) is 0 Å². The number of rotatable bonds is 6. The van der Waals surface area contributed by atoms with Crippen molar-refractivity contribution in [1.29, 1.82) is 0 Å². The molecule has 100 valence electrons. The summed E-state index contributed by atoms with van der Waals surface area (Å²) in [6.45, 7) is 1.52. The summed E-state index contributed by atoms with van der Waals surface area (Å²) in [6.07, 6.45) is 0. The van der Waals surface area contributed by atoms with Gasteiger partial charge in [0.2, 0.25) is 10.0 Å². The standard InChI is InChI=1S/C11H14BrNO4S/c1-2-17-11(14)8-13-18(15,16)10-5-3-9(7-12)4-6-10/h3-6,13H,2,7-8H2,1H3. The molecule has 0 aromatic heterocycles. The number of halogens is 1. The summed E-state index contributed by atoms with van der Waals surface area (Å²) < 4.78 is 30.4. The largest absolute Gasteiger partial charge is 0.465 e. The van der Waals surface area contributed by atoms with Crippen molar-refractivity contribution in [3.8, 4) is 0 Å². The van der Waals surface area contributed by atoms with Crippen LogP contribution in [0.2, 0.25) is 0 Å². The van der Waals surface area contributed by atoms with Crippen LogP contribution in [0.5, 0.6) is 0 Å². The Balaban J connectivity index is 2.70. The molecule has 0 saturated carbocycles. The second-order valence-electron chi connectivity index (χ2n) is 3.41. The average Bonchev–Trinajstić information content (AvgIpc) is 2.37. The smallest absolute Gasteiger partial charge is 0.321 e. The van der Waals surface area contributed by atoms with Crippen LogP contribution in [0.3, 0.4) is 0 Å². The molecule has 0 aliphatic carbocycles. The average molecular weight is 336 g/mol. The van der Waals surface area contributed by atoms with E-state index in [1.807, 2.05) is 0 Å². The van der Waals surface area contributed by atoms with Gasteiger partial charge in [-0.25, -0.2) is 8.42 Å². The fourth-order valence-corrected chi connectivity index (χ4v) is 2.55. The molecule has 0 atom stereocenters. The topological polar surface area (TPSA) is 72.5 Å². The molecule has 0 amide bonds. The number of alkyl halides is 1. The molecule has 0 saturated heterocycles. The van der Waals surface area contributed by atoms with Gasteiger partial charge in [-0.3, -0.25) is 4.79 Å². The number of benzene rings is 1. The van der Waals surface area contributed by atoms with Gasteiger partial charge in [-0.05, 0) is 24.6 Å². The Hall–Kier alpha value is -0.920. The number of ether oxygens (including phenoxy) is 1. The summed E-state index contributed by atoms with van der Waals surface area (Å²) in [5.41, 5.74) is 0.972. The van der Waals surface area contributed by atoms with Crippen molar-refractivity contribution in [2.24, 2.45) is 0 Å². The van der Waals surface area contributed by atoms with Gasteiger partial charge in [0.15, 0.2) is 0 Å². The first-order chi connectivity index (χ1) is 8.49. The van der Waals surface area contributed by atoms with Crippen molar-refractivity contribution in [2.45, 2.75) is 17.1 Å². The summed E-state index contributed by atoms with van der Waals surface area (Å²) in [7, 11) is -3.66. The first-order valence-electron chi connectivity index (χ1n) is 5.29. The van der Waals surface area contributed by atoms with Crippen molar-refractivity contribution in [3.05, 3.63) is 29.8 Å². The Morgan fingerprint density at radius 3 is 2.44 bits per heavy atom. The van der Waals surface area contributed by atoms with Gasteiger partial charge in [0.1, 0.15) is 6.54 Å². The van der Waals surface area contributed by atoms with Crippen molar-refractivity contribution < 1.29 is 17.9 Å². The van der Waals surface area contributed by atoms with Crippen molar-refractivity contribution in [1.82, 2.24) is 4.72 Å². The highest BCUT2D eigenvalue weighted by Crippen LogP contribution is 2.12. The highest BCUT2D eigenvalue weighted by Gasteiger charge is 2.15. The van der Waals surface area contributed by atoms with E-state index >= 15 is 0 Å². The molecule has 7 heteroatoms. The Morgan fingerprint density at radius 2 is 1.94 bits per heavy atom. The Kier molecular flexibility index (Phi) is 5.77. The number of carbonyl (C=O) groups is 1. The van der Waals surface area contributed by atoms with Crippen LogP contribution in [0.1, 0.15) is 12.5 Å². The van der Waals surface area contributed by atoms with Crippen LogP contribution in [-0.2, 0) is 24.9 Å². The van der Waals surface area contributed by atoms with E-state index in [4.69, 9.17) is 0 Å². The Morgan fingerprint density at radius 1 is 1.33 bits per heavy atom. The molecule has 0 radical (unpaired) electrons. The SMILES string of the molecule is CCOC(=O)CNS(=O)(=O)c1ccc(CBr)cc1. The van der Waals surface area contributed by atoms with E-state index in [9.17, 15) is 13.2 Å². The summed E-state index contributed by atoms with van der Waals surface area (Å²) in [6, 6.07) is 6.38. The van der Waals surface area contributed by atoms with Crippen molar-refractivity contribution in [2.75, 3.05) is 13.2 Å². The summed E-state index contributed by atoms with van der Waals surface area (Å²) in [5.74, 6) is -0.599. The van der Waals surface area contributed by atoms with E-state index in [0.29, 0.717) is 5.33 Å². The maximum atomic E-state index is 11.8. The van der Waals surface area contributed by atoms with E-state index in [0.717, 1.165) is 5.56 Å².